The molecular weight excluding hydrogens is 334 g/mol. The molecule has 7 heteroatoms. The summed E-state index contributed by atoms with van der Waals surface area (Å²) >= 11 is 0. The molecular formula is C18H27N3O3Si. The van der Waals surface area contributed by atoms with E-state index in [4.69, 9.17) is 13.7 Å². The number of oxime groups is 1. The van der Waals surface area contributed by atoms with Gasteiger partial charge in [-0.05, 0) is 37.2 Å². The topological polar surface area (TPSA) is 69.7 Å². The number of benzene rings is 1. The Bertz CT molecular complexity index is 706. The normalized spacial score (nSPS) is 13.1. The molecule has 1 heterocycles. The monoisotopic (exact) mass is 361 g/mol. The smallest absolute Gasteiger partial charge is 0.268 e. The van der Waals surface area contributed by atoms with Gasteiger partial charge in [-0.1, -0.05) is 44.1 Å². The SMILES string of the molecule is CCON=C(CO[Si](C)(C)C(C)(C)C)c1nnc(-c2ccccc2)o1. The van der Waals surface area contributed by atoms with Crippen LogP contribution in [0.15, 0.2) is 39.9 Å². The molecule has 0 saturated carbocycles. The van der Waals surface area contributed by atoms with E-state index >= 15 is 0 Å². The van der Waals surface area contributed by atoms with E-state index in [2.05, 4.69) is 49.2 Å². The van der Waals surface area contributed by atoms with Crippen molar-refractivity contribution in [3.63, 3.8) is 0 Å². The van der Waals surface area contributed by atoms with Gasteiger partial charge in [0.1, 0.15) is 6.61 Å². The first-order valence-corrected chi connectivity index (χ1v) is 11.4. The molecule has 2 aromatic rings. The van der Waals surface area contributed by atoms with Crippen molar-refractivity contribution in [1.29, 1.82) is 0 Å². The lowest BCUT2D eigenvalue weighted by Gasteiger charge is -2.35. The van der Waals surface area contributed by atoms with E-state index in [0.717, 1.165) is 5.56 Å². The summed E-state index contributed by atoms with van der Waals surface area (Å²) in [5, 5.41) is 12.5. The van der Waals surface area contributed by atoms with Gasteiger partial charge in [0.15, 0.2) is 14.0 Å². The highest BCUT2D eigenvalue weighted by Crippen LogP contribution is 2.36. The van der Waals surface area contributed by atoms with Crippen LogP contribution in [0.4, 0.5) is 0 Å². The maximum atomic E-state index is 6.22. The molecule has 0 unspecified atom stereocenters. The van der Waals surface area contributed by atoms with Gasteiger partial charge in [-0.2, -0.15) is 0 Å². The highest BCUT2D eigenvalue weighted by molar-refractivity contribution is 6.74. The summed E-state index contributed by atoms with van der Waals surface area (Å²) in [6.45, 7) is 13.6. The molecule has 0 fully saturated rings. The van der Waals surface area contributed by atoms with Gasteiger partial charge in [-0.25, -0.2) is 0 Å². The Morgan fingerprint density at radius 2 is 1.84 bits per heavy atom. The van der Waals surface area contributed by atoms with Crippen molar-refractivity contribution in [1.82, 2.24) is 10.2 Å². The number of rotatable bonds is 7. The molecule has 0 N–H and O–H groups in total. The highest BCUT2D eigenvalue weighted by atomic mass is 28.4. The van der Waals surface area contributed by atoms with Crippen molar-refractivity contribution < 1.29 is 13.7 Å². The summed E-state index contributed by atoms with van der Waals surface area (Å²) < 4.78 is 12.0. The van der Waals surface area contributed by atoms with Crippen molar-refractivity contribution in [2.45, 2.75) is 45.8 Å². The number of aromatic nitrogens is 2. The second-order valence-corrected chi connectivity index (χ2v) is 12.1. The van der Waals surface area contributed by atoms with E-state index in [0.29, 0.717) is 24.1 Å². The van der Waals surface area contributed by atoms with Gasteiger partial charge in [-0.15, -0.1) is 10.2 Å². The summed E-state index contributed by atoms with van der Waals surface area (Å²) in [5.74, 6) is 0.776. The standard InChI is InChI=1S/C18H27N3O3Si/c1-7-22-21-15(13-23-25(5,6)18(2,3)4)17-20-19-16(24-17)14-11-9-8-10-12-14/h8-12H,7,13H2,1-6H3. The molecule has 136 valence electrons. The first-order chi connectivity index (χ1) is 11.7. The lowest BCUT2D eigenvalue weighted by atomic mass is 10.2. The highest BCUT2D eigenvalue weighted by Gasteiger charge is 2.37. The fraction of sp³-hybridized carbons (Fsp3) is 0.500. The van der Waals surface area contributed by atoms with E-state index in [1.54, 1.807) is 0 Å². The average Bonchev–Trinajstić information content (AvgIpc) is 3.04. The van der Waals surface area contributed by atoms with Gasteiger partial charge in [0.2, 0.25) is 5.89 Å². The van der Waals surface area contributed by atoms with Gasteiger partial charge < -0.3 is 13.7 Å². The second-order valence-electron chi connectivity index (χ2n) is 7.28. The number of hydrogen-bond acceptors (Lipinski definition) is 6. The van der Waals surface area contributed by atoms with Crippen LogP contribution in [0.2, 0.25) is 18.1 Å². The fourth-order valence-electron chi connectivity index (χ4n) is 1.77. The first-order valence-electron chi connectivity index (χ1n) is 8.46. The van der Waals surface area contributed by atoms with Crippen molar-refractivity contribution >= 4 is 14.0 Å². The van der Waals surface area contributed by atoms with E-state index in [9.17, 15) is 0 Å². The molecule has 25 heavy (non-hydrogen) atoms. The summed E-state index contributed by atoms with van der Waals surface area (Å²) in [6, 6.07) is 9.63. The summed E-state index contributed by atoms with van der Waals surface area (Å²) in [4.78, 5) is 5.21. The Hall–Kier alpha value is -1.99. The van der Waals surface area contributed by atoms with Gasteiger partial charge in [0.05, 0.1) is 6.61 Å². The zero-order chi connectivity index (χ0) is 18.5. The molecule has 0 amide bonds. The van der Waals surface area contributed by atoms with E-state index in [-0.39, 0.29) is 11.6 Å². The maximum Gasteiger partial charge on any atom is 0.268 e. The maximum absolute atomic E-state index is 6.22. The molecule has 0 aliphatic carbocycles. The largest absolute Gasteiger partial charge is 0.415 e. The number of hydrogen-bond donors (Lipinski definition) is 0. The summed E-state index contributed by atoms with van der Waals surface area (Å²) in [5.41, 5.74) is 1.38. The third-order valence-electron chi connectivity index (χ3n) is 4.37. The lowest BCUT2D eigenvalue weighted by Crippen LogP contribution is -2.42. The Morgan fingerprint density at radius 1 is 1.16 bits per heavy atom. The quantitative estimate of drug-likeness (QED) is 0.412. The fourth-order valence-corrected chi connectivity index (χ4v) is 2.70. The lowest BCUT2D eigenvalue weighted by molar-refractivity contribution is 0.156. The predicted molar refractivity (Wildman–Crippen MR) is 101 cm³/mol. The van der Waals surface area contributed by atoms with Crippen molar-refractivity contribution in [3.05, 3.63) is 36.2 Å². The van der Waals surface area contributed by atoms with Crippen LogP contribution < -0.4 is 0 Å². The second kappa shape index (κ2) is 7.92. The average molecular weight is 362 g/mol. The van der Waals surface area contributed by atoms with Crippen LogP contribution in [-0.4, -0.2) is 37.4 Å². The molecule has 1 aromatic heterocycles. The van der Waals surface area contributed by atoms with Crippen molar-refractivity contribution in [2.75, 3.05) is 13.2 Å². The minimum atomic E-state index is -1.92. The minimum absolute atomic E-state index is 0.105. The molecule has 2 rings (SSSR count). The Balaban J connectivity index is 2.20. The van der Waals surface area contributed by atoms with Crippen LogP contribution >= 0.6 is 0 Å². The van der Waals surface area contributed by atoms with Crippen LogP contribution in [0.25, 0.3) is 11.5 Å². The molecule has 0 aliphatic rings. The number of nitrogens with zero attached hydrogens (tertiary/aromatic N) is 3. The first kappa shape index (κ1) is 19.3. The van der Waals surface area contributed by atoms with Crippen molar-refractivity contribution in [3.8, 4) is 11.5 Å². The van der Waals surface area contributed by atoms with E-state index in [1.165, 1.54) is 0 Å². The van der Waals surface area contributed by atoms with Gasteiger partial charge in [0, 0.05) is 5.56 Å². The minimum Gasteiger partial charge on any atom is -0.415 e. The van der Waals surface area contributed by atoms with Crippen LogP contribution in [-0.2, 0) is 9.26 Å². The summed E-state index contributed by atoms with van der Waals surface area (Å²) in [7, 11) is -1.92. The molecule has 1 aromatic carbocycles. The van der Waals surface area contributed by atoms with E-state index in [1.807, 2.05) is 37.3 Å². The third-order valence-corrected chi connectivity index (χ3v) is 8.85. The molecule has 0 aliphatic heterocycles. The summed E-state index contributed by atoms with van der Waals surface area (Å²) in [6.07, 6.45) is 0. The van der Waals surface area contributed by atoms with Crippen LogP contribution in [0.5, 0.6) is 0 Å². The predicted octanol–water partition coefficient (Wildman–Crippen LogP) is 4.50. The molecule has 0 bridgehead atoms. The van der Waals surface area contributed by atoms with Gasteiger partial charge in [0.25, 0.3) is 5.89 Å². The van der Waals surface area contributed by atoms with Gasteiger partial charge >= 0.3 is 0 Å². The Morgan fingerprint density at radius 3 is 2.44 bits per heavy atom. The zero-order valence-electron chi connectivity index (χ0n) is 15.9. The van der Waals surface area contributed by atoms with Crippen LogP contribution in [0.1, 0.15) is 33.6 Å². The van der Waals surface area contributed by atoms with Crippen LogP contribution in [0, 0.1) is 0 Å². The van der Waals surface area contributed by atoms with Crippen LogP contribution in [0.3, 0.4) is 0 Å². The zero-order valence-corrected chi connectivity index (χ0v) is 16.9. The van der Waals surface area contributed by atoms with E-state index < -0.39 is 8.32 Å². The van der Waals surface area contributed by atoms with Crippen molar-refractivity contribution in [2.24, 2.45) is 5.16 Å². The Labute approximate surface area is 150 Å². The molecule has 0 saturated heterocycles. The third kappa shape index (κ3) is 4.99. The van der Waals surface area contributed by atoms with Gasteiger partial charge in [-0.3, -0.25) is 0 Å². The molecule has 0 atom stereocenters. The molecule has 6 nitrogen and oxygen atoms in total. The molecule has 0 spiro atoms. The molecule has 0 radical (unpaired) electrons. The Kier molecular flexibility index (Phi) is 6.13.